The van der Waals surface area contributed by atoms with Gasteiger partial charge in [0.15, 0.2) is 5.96 Å². The third-order valence-corrected chi connectivity index (χ3v) is 3.39. The lowest BCUT2D eigenvalue weighted by molar-refractivity contribution is -0.123. The van der Waals surface area contributed by atoms with Crippen molar-refractivity contribution in [1.82, 2.24) is 10.2 Å². The zero-order chi connectivity index (χ0) is 11.5. The molecule has 2 unspecified atom stereocenters. The number of guanidine groups is 1. The second-order valence-corrected chi connectivity index (χ2v) is 4.49. The van der Waals surface area contributed by atoms with E-state index in [9.17, 15) is 4.79 Å². The van der Waals surface area contributed by atoms with Crippen LogP contribution >= 0.6 is 0 Å². The summed E-state index contributed by atoms with van der Waals surface area (Å²) >= 11 is 0. The summed E-state index contributed by atoms with van der Waals surface area (Å²) in [5, 5.41) is 2.91. The molecule has 2 heterocycles. The molecule has 0 spiro atoms. The molecule has 0 aliphatic carbocycles. The fraction of sp³-hybridized carbons (Fsp3) is 0.818. The Kier molecular flexibility index (Phi) is 3.31. The third-order valence-electron chi connectivity index (χ3n) is 3.39. The zero-order valence-corrected chi connectivity index (χ0v) is 9.78. The molecule has 0 aromatic rings. The Morgan fingerprint density at radius 3 is 3.25 bits per heavy atom. The average molecular weight is 224 g/mol. The molecule has 0 aromatic heterocycles. The van der Waals surface area contributed by atoms with E-state index in [1.54, 1.807) is 0 Å². The van der Waals surface area contributed by atoms with Crippen LogP contribution in [0.5, 0.6) is 0 Å². The van der Waals surface area contributed by atoms with Gasteiger partial charge < -0.3 is 16.0 Å². The number of fused-ring (bicyclic) bond motifs is 1. The third kappa shape index (κ3) is 1.99. The number of aliphatic imine (C=N–C) groups is 1. The molecule has 1 amide bonds. The number of rotatable bonds is 2. The molecule has 0 bridgehead atoms. The molecule has 5 nitrogen and oxygen atoms in total. The first kappa shape index (κ1) is 11.2. The second kappa shape index (κ2) is 4.72. The molecule has 0 saturated carbocycles. The summed E-state index contributed by atoms with van der Waals surface area (Å²) in [6, 6.07) is 0.224. The van der Waals surface area contributed by atoms with E-state index < -0.39 is 0 Å². The molecular formula is C11H20N4O. The van der Waals surface area contributed by atoms with Gasteiger partial charge in [-0.15, -0.1) is 0 Å². The molecule has 2 fully saturated rings. The Morgan fingerprint density at radius 2 is 2.50 bits per heavy atom. The largest absolute Gasteiger partial charge is 0.370 e. The van der Waals surface area contributed by atoms with Crippen molar-refractivity contribution < 1.29 is 4.79 Å². The SMILES string of the molecule is CCCN=C(N)N1CCCC2C(=O)NCC21. The second-order valence-electron chi connectivity index (χ2n) is 4.49. The smallest absolute Gasteiger partial charge is 0.225 e. The van der Waals surface area contributed by atoms with Gasteiger partial charge in [-0.25, -0.2) is 0 Å². The highest BCUT2D eigenvalue weighted by atomic mass is 16.2. The van der Waals surface area contributed by atoms with E-state index in [4.69, 9.17) is 5.73 Å². The van der Waals surface area contributed by atoms with E-state index in [0.29, 0.717) is 12.5 Å². The van der Waals surface area contributed by atoms with Crippen molar-refractivity contribution in [2.75, 3.05) is 19.6 Å². The van der Waals surface area contributed by atoms with E-state index in [0.717, 1.165) is 32.4 Å². The van der Waals surface area contributed by atoms with Crippen molar-refractivity contribution in [1.29, 1.82) is 0 Å². The lowest BCUT2D eigenvalue weighted by Crippen LogP contribution is -2.51. The number of hydrogen-bond donors (Lipinski definition) is 2. The molecule has 5 heteroatoms. The minimum absolute atomic E-state index is 0.115. The molecule has 90 valence electrons. The highest BCUT2D eigenvalue weighted by Gasteiger charge is 2.41. The number of carbonyl (C=O) groups excluding carboxylic acids is 1. The van der Waals surface area contributed by atoms with E-state index in [2.05, 4.69) is 22.1 Å². The number of likely N-dealkylation sites (tertiary alicyclic amines) is 1. The van der Waals surface area contributed by atoms with Crippen LogP contribution in [0, 0.1) is 5.92 Å². The van der Waals surface area contributed by atoms with Gasteiger partial charge in [0, 0.05) is 19.6 Å². The Morgan fingerprint density at radius 1 is 1.69 bits per heavy atom. The summed E-state index contributed by atoms with van der Waals surface area (Å²) in [7, 11) is 0. The van der Waals surface area contributed by atoms with Gasteiger partial charge in [0.05, 0.1) is 12.0 Å². The first-order chi connectivity index (χ1) is 7.74. The van der Waals surface area contributed by atoms with Crippen LogP contribution in [0.4, 0.5) is 0 Å². The first-order valence-corrected chi connectivity index (χ1v) is 6.08. The Hall–Kier alpha value is -1.26. The van der Waals surface area contributed by atoms with Gasteiger partial charge in [0.1, 0.15) is 0 Å². The van der Waals surface area contributed by atoms with E-state index in [-0.39, 0.29) is 17.9 Å². The van der Waals surface area contributed by atoms with Crippen LogP contribution < -0.4 is 11.1 Å². The molecule has 2 saturated heterocycles. The standard InChI is InChI=1S/C11H20N4O/c1-2-5-13-11(12)15-6-3-4-8-9(15)7-14-10(8)16/h8-9H,2-7H2,1H3,(H2,12,13)(H,14,16). The van der Waals surface area contributed by atoms with E-state index >= 15 is 0 Å². The van der Waals surface area contributed by atoms with Crippen LogP contribution in [0.2, 0.25) is 0 Å². The van der Waals surface area contributed by atoms with Crippen LogP contribution in [0.25, 0.3) is 0 Å². The molecule has 16 heavy (non-hydrogen) atoms. The van der Waals surface area contributed by atoms with Gasteiger partial charge in [-0.1, -0.05) is 6.92 Å². The molecule has 0 aromatic carbocycles. The van der Waals surface area contributed by atoms with Gasteiger partial charge >= 0.3 is 0 Å². The van der Waals surface area contributed by atoms with Gasteiger partial charge in [0.2, 0.25) is 5.91 Å². The van der Waals surface area contributed by atoms with Crippen molar-refractivity contribution in [2.45, 2.75) is 32.2 Å². The molecule has 2 aliphatic rings. The summed E-state index contributed by atoms with van der Waals surface area (Å²) in [6.45, 7) is 4.48. The highest BCUT2D eigenvalue weighted by Crippen LogP contribution is 2.26. The predicted molar refractivity (Wildman–Crippen MR) is 63.0 cm³/mol. The summed E-state index contributed by atoms with van der Waals surface area (Å²) in [5.41, 5.74) is 5.97. The lowest BCUT2D eigenvalue weighted by Gasteiger charge is -2.36. The predicted octanol–water partition coefficient (Wildman–Crippen LogP) is -0.0785. The minimum atomic E-state index is 0.115. The zero-order valence-electron chi connectivity index (χ0n) is 9.78. The minimum Gasteiger partial charge on any atom is -0.370 e. The summed E-state index contributed by atoms with van der Waals surface area (Å²) in [6.07, 6.45) is 3.00. The summed E-state index contributed by atoms with van der Waals surface area (Å²) in [5.74, 6) is 0.898. The molecule has 2 aliphatic heterocycles. The van der Waals surface area contributed by atoms with E-state index in [1.165, 1.54) is 0 Å². The maximum atomic E-state index is 11.6. The fourth-order valence-corrected chi connectivity index (χ4v) is 2.55. The normalized spacial score (nSPS) is 30.2. The van der Waals surface area contributed by atoms with Gasteiger partial charge in [-0.2, -0.15) is 0 Å². The summed E-state index contributed by atoms with van der Waals surface area (Å²) in [4.78, 5) is 18.0. The van der Waals surface area contributed by atoms with Gasteiger partial charge in [0.25, 0.3) is 0 Å². The maximum Gasteiger partial charge on any atom is 0.225 e. The van der Waals surface area contributed by atoms with Crippen LogP contribution in [-0.2, 0) is 4.79 Å². The Balaban J connectivity index is 2.07. The van der Waals surface area contributed by atoms with Crippen LogP contribution in [-0.4, -0.2) is 42.4 Å². The number of hydrogen-bond acceptors (Lipinski definition) is 2. The number of carbonyl (C=O) groups is 1. The lowest BCUT2D eigenvalue weighted by atomic mass is 9.92. The number of piperidine rings is 1. The molecule has 3 N–H and O–H groups in total. The fourth-order valence-electron chi connectivity index (χ4n) is 2.55. The average Bonchev–Trinajstić information content (AvgIpc) is 2.68. The molecule has 0 radical (unpaired) electrons. The van der Waals surface area contributed by atoms with Crippen molar-refractivity contribution >= 4 is 11.9 Å². The van der Waals surface area contributed by atoms with Crippen molar-refractivity contribution in [3.8, 4) is 0 Å². The number of amides is 1. The molecular weight excluding hydrogens is 204 g/mol. The first-order valence-electron chi connectivity index (χ1n) is 6.08. The number of nitrogens with two attached hydrogens (primary N) is 1. The Labute approximate surface area is 96.1 Å². The topological polar surface area (TPSA) is 70.7 Å². The monoisotopic (exact) mass is 224 g/mol. The molecule has 2 atom stereocenters. The number of nitrogens with zero attached hydrogens (tertiary/aromatic N) is 2. The van der Waals surface area contributed by atoms with Crippen LogP contribution in [0.1, 0.15) is 26.2 Å². The van der Waals surface area contributed by atoms with Crippen LogP contribution in [0.15, 0.2) is 4.99 Å². The Bertz CT molecular complexity index is 302. The van der Waals surface area contributed by atoms with Gasteiger partial charge in [-0.05, 0) is 19.3 Å². The quantitative estimate of drug-likeness (QED) is 0.509. The van der Waals surface area contributed by atoms with E-state index in [1.807, 2.05) is 0 Å². The van der Waals surface area contributed by atoms with Crippen molar-refractivity contribution in [2.24, 2.45) is 16.6 Å². The van der Waals surface area contributed by atoms with Crippen molar-refractivity contribution in [3.05, 3.63) is 0 Å². The maximum absolute atomic E-state index is 11.6. The van der Waals surface area contributed by atoms with Gasteiger partial charge in [-0.3, -0.25) is 9.79 Å². The summed E-state index contributed by atoms with van der Waals surface area (Å²) < 4.78 is 0. The highest BCUT2D eigenvalue weighted by molar-refractivity contribution is 5.85. The number of nitrogens with one attached hydrogen (secondary N) is 1. The van der Waals surface area contributed by atoms with Crippen LogP contribution in [0.3, 0.4) is 0 Å². The molecule has 2 rings (SSSR count). The van der Waals surface area contributed by atoms with Crippen molar-refractivity contribution in [3.63, 3.8) is 0 Å².